The van der Waals surface area contributed by atoms with Gasteiger partial charge in [-0.15, -0.1) is 0 Å². The Balaban J connectivity index is 1.58. The number of sulfonamides is 1. The van der Waals surface area contributed by atoms with Crippen LogP contribution in [0.1, 0.15) is 33.1 Å². The largest absolute Gasteiger partial charge is 0.341 e. The van der Waals surface area contributed by atoms with Crippen molar-refractivity contribution in [2.75, 3.05) is 11.4 Å². The molecule has 0 saturated carbocycles. The molecule has 0 heterocycles. The normalized spacial score (nSPS) is 12.1. The van der Waals surface area contributed by atoms with Crippen molar-refractivity contribution >= 4 is 21.6 Å². The van der Waals surface area contributed by atoms with Gasteiger partial charge in [-0.3, -0.25) is 9.10 Å². The molecule has 0 aromatic heterocycles. The van der Waals surface area contributed by atoms with Crippen molar-refractivity contribution in [3.8, 4) is 0 Å². The third-order valence-corrected chi connectivity index (χ3v) is 7.60. The molecule has 4 aromatic carbocycles. The molecule has 1 amide bonds. The fraction of sp³-hybridized carbons (Fsp3) is 0.107. The van der Waals surface area contributed by atoms with E-state index in [1.165, 1.54) is 11.4 Å². The van der Waals surface area contributed by atoms with E-state index in [1.54, 1.807) is 54.6 Å². The van der Waals surface area contributed by atoms with Crippen LogP contribution >= 0.6 is 0 Å². The number of anilines is 1. The Hall–Kier alpha value is -3.90. The maximum Gasteiger partial charge on any atom is 0.264 e. The molecule has 0 aliphatic carbocycles. The van der Waals surface area contributed by atoms with Gasteiger partial charge in [0.1, 0.15) is 0 Å². The number of rotatable bonds is 7. The van der Waals surface area contributed by atoms with Crippen LogP contribution in [0.25, 0.3) is 0 Å². The monoisotopic (exact) mass is 470 g/mol. The summed E-state index contributed by atoms with van der Waals surface area (Å²) in [5.41, 5.74) is 4.00. The quantitative estimate of drug-likeness (QED) is 0.397. The number of amides is 1. The Labute approximate surface area is 200 Å². The van der Waals surface area contributed by atoms with Gasteiger partial charge < -0.3 is 5.32 Å². The van der Waals surface area contributed by atoms with Crippen molar-refractivity contribution in [3.63, 3.8) is 0 Å². The van der Waals surface area contributed by atoms with Crippen molar-refractivity contribution in [2.45, 2.75) is 17.9 Å². The summed E-state index contributed by atoms with van der Waals surface area (Å²) >= 11 is 0. The van der Waals surface area contributed by atoms with Crippen LogP contribution in [0.4, 0.5) is 5.69 Å². The highest BCUT2D eigenvalue weighted by atomic mass is 32.2. The van der Waals surface area contributed by atoms with Gasteiger partial charge in [-0.05, 0) is 60.0 Å². The van der Waals surface area contributed by atoms with Gasteiger partial charge in [-0.2, -0.15) is 0 Å². The second kappa shape index (κ2) is 9.93. The Kier molecular flexibility index (Phi) is 6.80. The first-order valence-corrected chi connectivity index (χ1v) is 12.4. The Morgan fingerprint density at radius 1 is 0.765 bits per heavy atom. The highest BCUT2D eigenvalue weighted by molar-refractivity contribution is 7.92. The van der Waals surface area contributed by atoms with Crippen LogP contribution in [0.2, 0.25) is 0 Å². The predicted molar refractivity (Wildman–Crippen MR) is 135 cm³/mol. The summed E-state index contributed by atoms with van der Waals surface area (Å²) in [6.07, 6.45) is 0. The van der Waals surface area contributed by atoms with E-state index in [2.05, 4.69) is 5.32 Å². The highest BCUT2D eigenvalue weighted by Crippen LogP contribution is 2.26. The number of carbonyl (C=O) groups excluding carboxylic acids is 1. The average Bonchev–Trinajstić information content (AvgIpc) is 2.88. The first kappa shape index (κ1) is 23.3. The number of nitrogens with one attached hydrogen (secondary N) is 1. The van der Waals surface area contributed by atoms with Crippen LogP contribution in [0.15, 0.2) is 114 Å². The zero-order valence-corrected chi connectivity index (χ0v) is 19.9. The molecule has 34 heavy (non-hydrogen) atoms. The summed E-state index contributed by atoms with van der Waals surface area (Å²) in [6.45, 7) is 2.02. The Bertz CT molecular complexity index is 1370. The van der Waals surface area contributed by atoms with E-state index in [1.807, 2.05) is 61.5 Å². The van der Waals surface area contributed by atoms with E-state index in [9.17, 15) is 13.2 Å². The lowest BCUT2D eigenvalue weighted by molar-refractivity contribution is 0.0943. The minimum Gasteiger partial charge on any atom is -0.341 e. The maximum atomic E-state index is 13.2. The molecule has 0 aliphatic heterocycles. The van der Waals surface area contributed by atoms with Gasteiger partial charge in [0.15, 0.2) is 0 Å². The molecule has 4 rings (SSSR count). The molecule has 172 valence electrons. The van der Waals surface area contributed by atoms with Crippen LogP contribution in [0, 0.1) is 6.92 Å². The van der Waals surface area contributed by atoms with Gasteiger partial charge in [-0.25, -0.2) is 8.42 Å². The molecule has 0 radical (unpaired) electrons. The van der Waals surface area contributed by atoms with E-state index >= 15 is 0 Å². The van der Waals surface area contributed by atoms with Crippen molar-refractivity contribution in [3.05, 3.63) is 131 Å². The lowest BCUT2D eigenvalue weighted by atomic mass is 9.94. The lowest BCUT2D eigenvalue weighted by Crippen LogP contribution is -2.30. The molecule has 0 unspecified atom stereocenters. The number of nitrogens with zero attached hydrogens (tertiary/aromatic N) is 1. The SMILES string of the molecule is Cc1ccccc1[C@@H](NC(=O)c1ccc(N(C)S(=O)(=O)c2ccccc2)cc1)c1ccccc1. The van der Waals surface area contributed by atoms with Crippen LogP contribution in [0.5, 0.6) is 0 Å². The minimum atomic E-state index is -3.69. The lowest BCUT2D eigenvalue weighted by Gasteiger charge is -2.22. The van der Waals surface area contributed by atoms with Crippen molar-refractivity contribution in [1.82, 2.24) is 5.32 Å². The first-order valence-electron chi connectivity index (χ1n) is 10.9. The third-order valence-electron chi connectivity index (χ3n) is 5.80. The van der Waals surface area contributed by atoms with E-state index < -0.39 is 10.0 Å². The molecule has 5 nitrogen and oxygen atoms in total. The van der Waals surface area contributed by atoms with Crippen LogP contribution < -0.4 is 9.62 Å². The Morgan fingerprint density at radius 2 is 1.32 bits per heavy atom. The van der Waals surface area contributed by atoms with Crippen LogP contribution in [0.3, 0.4) is 0 Å². The number of carbonyl (C=O) groups is 1. The van der Waals surface area contributed by atoms with E-state index in [-0.39, 0.29) is 16.8 Å². The molecule has 1 atom stereocenters. The second-order valence-corrected chi connectivity index (χ2v) is 9.98. The Morgan fingerprint density at radius 3 is 1.94 bits per heavy atom. The topological polar surface area (TPSA) is 66.5 Å². The molecule has 0 fully saturated rings. The maximum absolute atomic E-state index is 13.2. The molecule has 1 N–H and O–H groups in total. The van der Waals surface area contributed by atoms with Gasteiger partial charge >= 0.3 is 0 Å². The van der Waals surface area contributed by atoms with E-state index in [0.717, 1.165) is 16.7 Å². The van der Waals surface area contributed by atoms with E-state index in [0.29, 0.717) is 11.3 Å². The van der Waals surface area contributed by atoms with Gasteiger partial charge in [0.25, 0.3) is 15.9 Å². The van der Waals surface area contributed by atoms with E-state index in [4.69, 9.17) is 0 Å². The van der Waals surface area contributed by atoms with Crippen LogP contribution in [-0.2, 0) is 10.0 Å². The van der Waals surface area contributed by atoms with Crippen molar-refractivity contribution < 1.29 is 13.2 Å². The van der Waals surface area contributed by atoms with Crippen molar-refractivity contribution in [2.24, 2.45) is 0 Å². The summed E-state index contributed by atoms with van der Waals surface area (Å²) in [5.74, 6) is -0.239. The van der Waals surface area contributed by atoms with Crippen molar-refractivity contribution in [1.29, 1.82) is 0 Å². The third kappa shape index (κ3) is 4.87. The van der Waals surface area contributed by atoms with Crippen LogP contribution in [-0.4, -0.2) is 21.4 Å². The summed E-state index contributed by atoms with van der Waals surface area (Å²) < 4.78 is 27.0. The molecule has 0 bridgehead atoms. The van der Waals surface area contributed by atoms with Gasteiger partial charge in [-0.1, -0.05) is 72.8 Å². The number of hydrogen-bond acceptors (Lipinski definition) is 3. The second-order valence-electron chi connectivity index (χ2n) is 8.01. The molecule has 0 saturated heterocycles. The summed E-state index contributed by atoms with van der Waals surface area (Å²) in [5, 5.41) is 3.14. The van der Waals surface area contributed by atoms with Gasteiger partial charge in [0.05, 0.1) is 16.6 Å². The number of hydrogen-bond donors (Lipinski definition) is 1. The fourth-order valence-electron chi connectivity index (χ4n) is 3.82. The minimum absolute atomic E-state index is 0.211. The highest BCUT2D eigenvalue weighted by Gasteiger charge is 2.22. The fourth-order valence-corrected chi connectivity index (χ4v) is 5.04. The zero-order valence-electron chi connectivity index (χ0n) is 19.0. The summed E-state index contributed by atoms with van der Waals surface area (Å²) in [7, 11) is -2.19. The zero-order chi connectivity index (χ0) is 24.1. The number of aryl methyl sites for hydroxylation is 1. The molecule has 6 heteroatoms. The first-order chi connectivity index (χ1) is 16.4. The molecule has 0 spiro atoms. The number of benzene rings is 4. The standard InChI is InChI=1S/C28H26N2O3S/c1-21-11-9-10-16-26(21)27(22-12-5-3-6-13-22)29-28(31)23-17-19-24(20-18-23)30(2)34(32,33)25-14-7-4-8-15-25/h3-20,27H,1-2H3,(H,29,31)/t27-/m0/s1. The molecular weight excluding hydrogens is 444 g/mol. The predicted octanol–water partition coefficient (Wildman–Crippen LogP) is 5.34. The average molecular weight is 471 g/mol. The van der Waals surface area contributed by atoms with Gasteiger partial charge in [0.2, 0.25) is 0 Å². The molecular formula is C28H26N2O3S. The smallest absolute Gasteiger partial charge is 0.264 e. The molecule has 0 aliphatic rings. The van der Waals surface area contributed by atoms with Gasteiger partial charge in [0, 0.05) is 12.6 Å². The summed E-state index contributed by atoms with van der Waals surface area (Å²) in [4.78, 5) is 13.4. The summed E-state index contributed by atoms with van der Waals surface area (Å²) in [6, 6.07) is 32.3. The molecule has 4 aromatic rings.